The molecule has 2 rings (SSSR count). The molecule has 0 saturated carbocycles. The zero-order chi connectivity index (χ0) is 14.0. The summed E-state index contributed by atoms with van der Waals surface area (Å²) < 4.78 is 0.946. The highest BCUT2D eigenvalue weighted by Crippen LogP contribution is 2.26. The SMILES string of the molecule is Cc1nc(CC(C(=O)O)c2ccc(Br)cc2)sc1C. The lowest BCUT2D eigenvalue weighted by Crippen LogP contribution is -2.14. The monoisotopic (exact) mass is 339 g/mol. The van der Waals surface area contributed by atoms with Crippen LogP contribution in [0.2, 0.25) is 0 Å². The zero-order valence-corrected chi connectivity index (χ0v) is 13.1. The van der Waals surface area contributed by atoms with E-state index in [1.807, 2.05) is 38.1 Å². The van der Waals surface area contributed by atoms with Crippen molar-refractivity contribution in [1.29, 1.82) is 0 Å². The molecule has 1 aromatic heterocycles. The average molecular weight is 340 g/mol. The van der Waals surface area contributed by atoms with Gasteiger partial charge in [-0.3, -0.25) is 4.79 Å². The maximum atomic E-state index is 11.4. The fraction of sp³-hybridized carbons (Fsp3) is 0.286. The summed E-state index contributed by atoms with van der Waals surface area (Å²) in [6.07, 6.45) is 0.441. The Labute approximate surface area is 124 Å². The van der Waals surface area contributed by atoms with Gasteiger partial charge in [0.2, 0.25) is 0 Å². The number of hydrogen-bond acceptors (Lipinski definition) is 3. The van der Waals surface area contributed by atoms with Gasteiger partial charge >= 0.3 is 5.97 Å². The Hall–Kier alpha value is -1.20. The largest absolute Gasteiger partial charge is 0.481 e. The predicted octanol–water partition coefficient (Wildman–Crippen LogP) is 3.93. The topological polar surface area (TPSA) is 50.2 Å². The molecule has 1 atom stereocenters. The van der Waals surface area contributed by atoms with Gasteiger partial charge in [0.1, 0.15) is 0 Å². The Kier molecular flexibility index (Phi) is 4.37. The van der Waals surface area contributed by atoms with E-state index in [2.05, 4.69) is 20.9 Å². The van der Waals surface area contributed by atoms with Crippen LogP contribution in [-0.2, 0) is 11.2 Å². The van der Waals surface area contributed by atoms with E-state index in [1.54, 1.807) is 11.3 Å². The van der Waals surface area contributed by atoms with Gasteiger partial charge in [-0.1, -0.05) is 28.1 Å². The Morgan fingerprint density at radius 1 is 1.37 bits per heavy atom. The number of aromatic nitrogens is 1. The van der Waals surface area contributed by atoms with E-state index in [1.165, 1.54) is 0 Å². The highest BCUT2D eigenvalue weighted by molar-refractivity contribution is 9.10. The molecule has 2 aromatic rings. The predicted molar refractivity (Wildman–Crippen MR) is 79.8 cm³/mol. The van der Waals surface area contributed by atoms with Crippen molar-refractivity contribution in [2.75, 3.05) is 0 Å². The Balaban J connectivity index is 2.26. The third kappa shape index (κ3) is 3.42. The molecule has 0 aliphatic heterocycles. The third-order valence-corrected chi connectivity index (χ3v) is 4.65. The van der Waals surface area contributed by atoms with E-state index in [4.69, 9.17) is 0 Å². The van der Waals surface area contributed by atoms with Crippen molar-refractivity contribution in [2.45, 2.75) is 26.2 Å². The highest BCUT2D eigenvalue weighted by Gasteiger charge is 2.22. The molecule has 1 unspecified atom stereocenters. The van der Waals surface area contributed by atoms with Crippen LogP contribution in [0.5, 0.6) is 0 Å². The molecule has 100 valence electrons. The van der Waals surface area contributed by atoms with Crippen LogP contribution in [-0.4, -0.2) is 16.1 Å². The number of aryl methyl sites for hydroxylation is 2. The summed E-state index contributed by atoms with van der Waals surface area (Å²) in [5.41, 5.74) is 1.79. The van der Waals surface area contributed by atoms with Crippen LogP contribution in [0.4, 0.5) is 0 Å². The number of nitrogens with zero attached hydrogens (tertiary/aromatic N) is 1. The van der Waals surface area contributed by atoms with Gasteiger partial charge in [-0.2, -0.15) is 0 Å². The summed E-state index contributed by atoms with van der Waals surface area (Å²) in [7, 11) is 0. The molecule has 19 heavy (non-hydrogen) atoms. The van der Waals surface area contributed by atoms with Crippen molar-refractivity contribution < 1.29 is 9.90 Å². The molecule has 0 amide bonds. The summed E-state index contributed by atoms with van der Waals surface area (Å²) in [5.74, 6) is -1.36. The Bertz CT molecular complexity index is 572. The van der Waals surface area contributed by atoms with Gasteiger partial charge in [0.25, 0.3) is 0 Å². The summed E-state index contributed by atoms with van der Waals surface area (Å²) in [6.45, 7) is 3.95. The zero-order valence-electron chi connectivity index (χ0n) is 10.7. The fourth-order valence-electron chi connectivity index (χ4n) is 1.84. The van der Waals surface area contributed by atoms with Gasteiger partial charge in [-0.25, -0.2) is 4.98 Å². The number of thiazole rings is 1. The van der Waals surface area contributed by atoms with Crippen molar-refractivity contribution in [3.63, 3.8) is 0 Å². The number of aliphatic carboxylic acids is 1. The van der Waals surface area contributed by atoms with Crippen LogP contribution < -0.4 is 0 Å². The minimum absolute atomic E-state index is 0.441. The van der Waals surface area contributed by atoms with Crippen LogP contribution in [0.15, 0.2) is 28.7 Å². The van der Waals surface area contributed by atoms with Gasteiger partial charge in [-0.05, 0) is 31.5 Å². The summed E-state index contributed by atoms with van der Waals surface area (Å²) in [5, 5.41) is 10.3. The number of carboxylic acid groups (broad SMARTS) is 1. The molecule has 1 N–H and O–H groups in total. The van der Waals surface area contributed by atoms with Crippen LogP contribution in [0.3, 0.4) is 0 Å². The fourth-order valence-corrected chi connectivity index (χ4v) is 3.09. The van der Waals surface area contributed by atoms with Crippen molar-refractivity contribution in [3.8, 4) is 0 Å². The number of benzene rings is 1. The van der Waals surface area contributed by atoms with Gasteiger partial charge in [0.05, 0.1) is 16.6 Å². The van der Waals surface area contributed by atoms with Crippen LogP contribution in [0.25, 0.3) is 0 Å². The van der Waals surface area contributed by atoms with E-state index < -0.39 is 11.9 Å². The second-order valence-electron chi connectivity index (χ2n) is 4.40. The Morgan fingerprint density at radius 3 is 2.47 bits per heavy atom. The number of rotatable bonds is 4. The number of carbonyl (C=O) groups is 1. The van der Waals surface area contributed by atoms with Crippen molar-refractivity contribution in [2.24, 2.45) is 0 Å². The molecule has 0 saturated heterocycles. The first-order valence-corrected chi connectivity index (χ1v) is 7.49. The molecule has 5 heteroatoms. The van der Waals surface area contributed by atoms with Gasteiger partial charge in [-0.15, -0.1) is 11.3 Å². The van der Waals surface area contributed by atoms with E-state index in [9.17, 15) is 9.90 Å². The minimum Gasteiger partial charge on any atom is -0.481 e. The normalized spacial score (nSPS) is 12.4. The molecule has 0 spiro atoms. The number of halogens is 1. The summed E-state index contributed by atoms with van der Waals surface area (Å²) in [4.78, 5) is 17.0. The smallest absolute Gasteiger partial charge is 0.311 e. The lowest BCUT2D eigenvalue weighted by atomic mass is 9.96. The quantitative estimate of drug-likeness (QED) is 0.917. The van der Waals surface area contributed by atoms with E-state index in [-0.39, 0.29) is 0 Å². The molecular formula is C14H14BrNO2S. The summed E-state index contributed by atoms with van der Waals surface area (Å²) >= 11 is 4.93. The van der Waals surface area contributed by atoms with E-state index in [0.29, 0.717) is 6.42 Å². The number of carboxylic acids is 1. The number of hydrogen-bond donors (Lipinski definition) is 1. The second kappa shape index (κ2) is 5.84. The molecule has 1 aromatic carbocycles. The molecule has 3 nitrogen and oxygen atoms in total. The molecule has 0 aliphatic rings. The van der Waals surface area contributed by atoms with Gasteiger partial charge in [0, 0.05) is 15.8 Å². The first-order valence-electron chi connectivity index (χ1n) is 5.88. The second-order valence-corrected chi connectivity index (χ2v) is 6.60. The molecule has 0 fully saturated rings. The van der Waals surface area contributed by atoms with Crippen LogP contribution in [0, 0.1) is 13.8 Å². The maximum absolute atomic E-state index is 11.4. The molecule has 0 bridgehead atoms. The molecule has 0 radical (unpaired) electrons. The van der Waals surface area contributed by atoms with E-state index >= 15 is 0 Å². The first kappa shape index (κ1) is 14.2. The lowest BCUT2D eigenvalue weighted by molar-refractivity contribution is -0.138. The van der Waals surface area contributed by atoms with Crippen molar-refractivity contribution in [3.05, 3.63) is 49.9 Å². The van der Waals surface area contributed by atoms with E-state index in [0.717, 1.165) is 25.6 Å². The average Bonchev–Trinajstić information content (AvgIpc) is 2.67. The maximum Gasteiger partial charge on any atom is 0.311 e. The molecular weight excluding hydrogens is 326 g/mol. The standard InChI is InChI=1S/C14H14BrNO2S/c1-8-9(2)19-13(16-8)7-12(14(17)18)10-3-5-11(15)6-4-10/h3-6,12H,7H2,1-2H3,(H,17,18). The first-order chi connectivity index (χ1) is 8.97. The van der Waals surface area contributed by atoms with Crippen molar-refractivity contribution in [1.82, 2.24) is 4.98 Å². The van der Waals surface area contributed by atoms with Gasteiger partial charge < -0.3 is 5.11 Å². The van der Waals surface area contributed by atoms with Gasteiger partial charge in [0.15, 0.2) is 0 Å². The molecule has 1 heterocycles. The van der Waals surface area contributed by atoms with Crippen molar-refractivity contribution >= 4 is 33.2 Å². The van der Waals surface area contributed by atoms with Crippen LogP contribution >= 0.6 is 27.3 Å². The minimum atomic E-state index is -0.812. The third-order valence-electron chi connectivity index (χ3n) is 3.02. The molecule has 0 aliphatic carbocycles. The van der Waals surface area contributed by atoms with Crippen LogP contribution in [0.1, 0.15) is 27.1 Å². The lowest BCUT2D eigenvalue weighted by Gasteiger charge is -2.11. The Morgan fingerprint density at radius 2 is 2.00 bits per heavy atom. The summed E-state index contributed by atoms with van der Waals surface area (Å²) in [6, 6.07) is 7.42. The highest BCUT2D eigenvalue weighted by atomic mass is 79.9.